The van der Waals surface area contributed by atoms with Gasteiger partial charge in [-0.25, -0.2) is 4.39 Å². The second-order valence-electron chi connectivity index (χ2n) is 4.17. The number of carbonyl (C=O) groups excluding carboxylic acids is 1. The van der Waals surface area contributed by atoms with E-state index in [1.165, 1.54) is 24.1 Å². The van der Waals surface area contributed by atoms with Crippen molar-refractivity contribution in [1.82, 2.24) is 0 Å². The molecule has 18 heavy (non-hydrogen) atoms. The maximum atomic E-state index is 13.6. The SMILES string of the molecule is COc1cc(Br)c(F)cc1N1CC(CCl)CC1=O. The smallest absolute Gasteiger partial charge is 0.227 e. The Labute approximate surface area is 118 Å². The Kier molecular flexibility index (Phi) is 4.12. The van der Waals surface area contributed by atoms with Crippen molar-refractivity contribution in [3.63, 3.8) is 0 Å². The molecule has 0 aliphatic carbocycles. The highest BCUT2D eigenvalue weighted by atomic mass is 79.9. The van der Waals surface area contributed by atoms with Crippen LogP contribution in [-0.2, 0) is 4.79 Å². The van der Waals surface area contributed by atoms with Gasteiger partial charge in [-0.05, 0) is 27.9 Å². The molecule has 0 saturated carbocycles. The van der Waals surface area contributed by atoms with Crippen LogP contribution >= 0.6 is 27.5 Å². The van der Waals surface area contributed by atoms with Crippen LogP contribution in [0.1, 0.15) is 6.42 Å². The van der Waals surface area contributed by atoms with Gasteiger partial charge in [-0.15, -0.1) is 11.6 Å². The van der Waals surface area contributed by atoms with Crippen LogP contribution in [0.15, 0.2) is 16.6 Å². The molecule has 2 rings (SSSR count). The summed E-state index contributed by atoms with van der Waals surface area (Å²) in [5, 5.41) is 0. The average Bonchev–Trinajstić information content (AvgIpc) is 2.73. The van der Waals surface area contributed by atoms with Gasteiger partial charge in [0.2, 0.25) is 5.91 Å². The van der Waals surface area contributed by atoms with E-state index in [1.54, 1.807) is 0 Å². The molecule has 6 heteroatoms. The highest BCUT2D eigenvalue weighted by Gasteiger charge is 2.32. The second kappa shape index (κ2) is 5.45. The molecule has 1 aromatic carbocycles. The number of benzene rings is 1. The van der Waals surface area contributed by atoms with Crippen molar-refractivity contribution in [3.05, 3.63) is 22.4 Å². The maximum Gasteiger partial charge on any atom is 0.227 e. The number of rotatable bonds is 3. The zero-order valence-electron chi connectivity index (χ0n) is 9.75. The van der Waals surface area contributed by atoms with E-state index in [1.807, 2.05) is 0 Å². The molecule has 0 aromatic heterocycles. The molecule has 0 radical (unpaired) electrons. The quantitative estimate of drug-likeness (QED) is 0.793. The molecule has 1 heterocycles. The molecule has 1 fully saturated rings. The number of amides is 1. The summed E-state index contributed by atoms with van der Waals surface area (Å²) in [7, 11) is 1.49. The van der Waals surface area contributed by atoms with E-state index in [2.05, 4.69) is 15.9 Å². The van der Waals surface area contributed by atoms with E-state index in [0.717, 1.165) is 0 Å². The van der Waals surface area contributed by atoms with Crippen LogP contribution in [0.4, 0.5) is 10.1 Å². The van der Waals surface area contributed by atoms with Crippen molar-refractivity contribution in [2.75, 3.05) is 24.4 Å². The molecule has 0 N–H and O–H groups in total. The molecule has 1 amide bonds. The minimum atomic E-state index is -0.423. The van der Waals surface area contributed by atoms with Gasteiger partial charge in [-0.1, -0.05) is 0 Å². The Morgan fingerprint density at radius 3 is 2.89 bits per heavy atom. The maximum absolute atomic E-state index is 13.6. The minimum Gasteiger partial charge on any atom is -0.495 e. The summed E-state index contributed by atoms with van der Waals surface area (Å²) in [6.07, 6.45) is 0.393. The molecule has 0 bridgehead atoms. The minimum absolute atomic E-state index is 0.0549. The van der Waals surface area contributed by atoms with Gasteiger partial charge in [0.1, 0.15) is 11.6 Å². The monoisotopic (exact) mass is 335 g/mol. The fraction of sp³-hybridized carbons (Fsp3) is 0.417. The molecule has 1 saturated heterocycles. The van der Waals surface area contributed by atoms with Gasteiger partial charge in [0.15, 0.2) is 0 Å². The van der Waals surface area contributed by atoms with Gasteiger partial charge in [0.05, 0.1) is 17.3 Å². The number of hydrogen-bond donors (Lipinski definition) is 0. The Morgan fingerprint density at radius 1 is 1.61 bits per heavy atom. The van der Waals surface area contributed by atoms with Crippen LogP contribution in [0.5, 0.6) is 5.75 Å². The van der Waals surface area contributed by atoms with E-state index in [0.29, 0.717) is 34.8 Å². The lowest BCUT2D eigenvalue weighted by Gasteiger charge is -2.20. The van der Waals surface area contributed by atoms with Crippen molar-refractivity contribution in [3.8, 4) is 5.75 Å². The Balaban J connectivity index is 2.38. The molecule has 98 valence electrons. The van der Waals surface area contributed by atoms with E-state index in [9.17, 15) is 9.18 Å². The first kappa shape index (κ1) is 13.6. The largest absolute Gasteiger partial charge is 0.495 e. The van der Waals surface area contributed by atoms with Crippen LogP contribution in [0.3, 0.4) is 0 Å². The summed E-state index contributed by atoms with van der Waals surface area (Å²) < 4.78 is 19.1. The molecular weight excluding hydrogens is 324 g/mol. The molecule has 1 aliphatic rings. The Morgan fingerprint density at radius 2 is 2.33 bits per heavy atom. The van der Waals surface area contributed by atoms with E-state index < -0.39 is 5.82 Å². The van der Waals surface area contributed by atoms with Crippen LogP contribution in [0.2, 0.25) is 0 Å². The summed E-state index contributed by atoms with van der Waals surface area (Å²) in [5.41, 5.74) is 0.454. The van der Waals surface area contributed by atoms with E-state index in [-0.39, 0.29) is 11.8 Å². The van der Waals surface area contributed by atoms with Crippen LogP contribution in [-0.4, -0.2) is 25.4 Å². The van der Waals surface area contributed by atoms with Crippen molar-refractivity contribution in [2.45, 2.75) is 6.42 Å². The first-order chi connectivity index (χ1) is 8.56. The molecule has 3 nitrogen and oxygen atoms in total. The normalized spacial score (nSPS) is 19.4. The lowest BCUT2D eigenvalue weighted by molar-refractivity contribution is -0.117. The van der Waals surface area contributed by atoms with Gasteiger partial charge in [0.25, 0.3) is 0 Å². The molecule has 1 aromatic rings. The lowest BCUT2D eigenvalue weighted by Crippen LogP contribution is -2.25. The number of alkyl halides is 1. The number of anilines is 1. The van der Waals surface area contributed by atoms with Crippen molar-refractivity contribution < 1.29 is 13.9 Å². The number of hydrogen-bond acceptors (Lipinski definition) is 2. The molecular formula is C12H12BrClFNO2. The van der Waals surface area contributed by atoms with Gasteiger partial charge < -0.3 is 9.64 Å². The average molecular weight is 337 g/mol. The molecule has 1 unspecified atom stereocenters. The van der Waals surface area contributed by atoms with Gasteiger partial charge >= 0.3 is 0 Å². The van der Waals surface area contributed by atoms with Crippen LogP contribution in [0.25, 0.3) is 0 Å². The van der Waals surface area contributed by atoms with E-state index >= 15 is 0 Å². The Bertz CT molecular complexity index is 483. The summed E-state index contributed by atoms with van der Waals surface area (Å²) in [6.45, 7) is 0.500. The summed E-state index contributed by atoms with van der Waals surface area (Å²) in [4.78, 5) is 13.4. The zero-order chi connectivity index (χ0) is 13.3. The standard InChI is InChI=1S/C12H12BrClFNO2/c1-18-11-3-8(13)9(15)4-10(11)16-6-7(5-14)2-12(16)17/h3-4,7H,2,5-6H2,1H3. The predicted octanol–water partition coefficient (Wildman–Crippen LogP) is 3.19. The van der Waals surface area contributed by atoms with E-state index in [4.69, 9.17) is 16.3 Å². The topological polar surface area (TPSA) is 29.5 Å². The lowest BCUT2D eigenvalue weighted by atomic mass is 10.1. The summed E-state index contributed by atoms with van der Waals surface area (Å²) >= 11 is 8.86. The number of nitrogens with zero attached hydrogens (tertiary/aromatic N) is 1. The predicted molar refractivity (Wildman–Crippen MR) is 71.8 cm³/mol. The third-order valence-corrected chi connectivity index (χ3v) is 3.98. The third kappa shape index (κ3) is 2.47. The number of carbonyl (C=O) groups is 1. The van der Waals surface area contributed by atoms with Crippen molar-refractivity contribution in [1.29, 1.82) is 0 Å². The highest BCUT2D eigenvalue weighted by Crippen LogP contribution is 2.36. The van der Waals surface area contributed by atoms with Crippen molar-refractivity contribution in [2.24, 2.45) is 5.92 Å². The van der Waals surface area contributed by atoms with Crippen molar-refractivity contribution >= 4 is 39.1 Å². The molecule has 1 atom stereocenters. The fourth-order valence-electron chi connectivity index (χ4n) is 2.01. The zero-order valence-corrected chi connectivity index (χ0v) is 12.1. The van der Waals surface area contributed by atoms with Gasteiger partial charge in [0, 0.05) is 24.9 Å². The summed E-state index contributed by atoms with van der Waals surface area (Å²) in [5.74, 6) is 0.514. The number of methoxy groups -OCH3 is 1. The number of ether oxygens (including phenoxy) is 1. The van der Waals surface area contributed by atoms with Crippen LogP contribution < -0.4 is 9.64 Å². The first-order valence-corrected chi connectivity index (χ1v) is 6.79. The second-order valence-corrected chi connectivity index (χ2v) is 5.33. The number of halogens is 3. The first-order valence-electron chi connectivity index (χ1n) is 5.46. The molecule has 0 spiro atoms. The van der Waals surface area contributed by atoms with Gasteiger partial charge in [-0.2, -0.15) is 0 Å². The fourth-order valence-corrected chi connectivity index (χ4v) is 2.54. The molecule has 1 aliphatic heterocycles. The summed E-state index contributed by atoms with van der Waals surface area (Å²) in [6, 6.07) is 2.82. The van der Waals surface area contributed by atoms with Crippen LogP contribution in [0, 0.1) is 11.7 Å². The third-order valence-electron chi connectivity index (χ3n) is 2.94. The highest BCUT2D eigenvalue weighted by molar-refractivity contribution is 9.10. The Hall–Kier alpha value is -0.810. The van der Waals surface area contributed by atoms with Gasteiger partial charge in [-0.3, -0.25) is 4.79 Å².